The second-order valence-electron chi connectivity index (χ2n) is 6.33. The lowest BCUT2D eigenvalue weighted by Crippen LogP contribution is -2.41. The number of primary amides is 1. The summed E-state index contributed by atoms with van der Waals surface area (Å²) < 4.78 is 0. The van der Waals surface area contributed by atoms with Gasteiger partial charge in [0, 0.05) is 31.9 Å². The van der Waals surface area contributed by atoms with E-state index in [2.05, 4.69) is 28.2 Å². The molecule has 1 saturated carbocycles. The second-order valence-corrected chi connectivity index (χ2v) is 6.33. The summed E-state index contributed by atoms with van der Waals surface area (Å²) in [5.41, 5.74) is 7.85. The number of hydrogen-bond acceptors (Lipinski definition) is 4. The van der Waals surface area contributed by atoms with Crippen LogP contribution in [0.15, 0.2) is 12.3 Å². The van der Waals surface area contributed by atoms with E-state index in [0.29, 0.717) is 12.6 Å². The van der Waals surface area contributed by atoms with Gasteiger partial charge in [0.05, 0.1) is 5.92 Å². The minimum absolute atomic E-state index is 0.0452. The van der Waals surface area contributed by atoms with Gasteiger partial charge in [0.2, 0.25) is 5.91 Å². The first kappa shape index (κ1) is 14.3. The van der Waals surface area contributed by atoms with Crippen molar-refractivity contribution in [1.82, 2.24) is 10.3 Å². The number of anilines is 1. The first-order valence-electron chi connectivity index (χ1n) is 7.86. The number of nitrogens with one attached hydrogen (secondary N) is 1. The molecular weight excluding hydrogens is 264 g/mol. The van der Waals surface area contributed by atoms with E-state index in [1.807, 2.05) is 6.20 Å². The fraction of sp³-hybridized carbons (Fsp3) is 0.625. The van der Waals surface area contributed by atoms with Crippen molar-refractivity contribution in [2.75, 3.05) is 18.0 Å². The third-order valence-corrected chi connectivity index (χ3v) is 4.40. The summed E-state index contributed by atoms with van der Waals surface area (Å²) in [6.07, 6.45) is 6.44. The van der Waals surface area contributed by atoms with Gasteiger partial charge in [0.15, 0.2) is 0 Å². The highest BCUT2D eigenvalue weighted by molar-refractivity contribution is 5.77. The predicted molar refractivity (Wildman–Crippen MR) is 83.0 cm³/mol. The highest BCUT2D eigenvalue weighted by Crippen LogP contribution is 2.25. The molecule has 5 heteroatoms. The third kappa shape index (κ3) is 3.53. The van der Waals surface area contributed by atoms with Gasteiger partial charge in [-0.05, 0) is 49.8 Å². The van der Waals surface area contributed by atoms with Crippen LogP contribution in [0.25, 0.3) is 0 Å². The molecule has 3 N–H and O–H groups in total. The Balaban J connectivity index is 1.67. The van der Waals surface area contributed by atoms with Crippen molar-refractivity contribution >= 4 is 11.7 Å². The van der Waals surface area contributed by atoms with Gasteiger partial charge in [-0.3, -0.25) is 4.79 Å². The molecule has 2 aliphatic rings. The molecule has 1 atom stereocenters. The maximum Gasteiger partial charge on any atom is 0.222 e. The molecule has 2 fully saturated rings. The van der Waals surface area contributed by atoms with Crippen LogP contribution in [-0.2, 0) is 11.3 Å². The zero-order chi connectivity index (χ0) is 14.8. The molecule has 1 aliphatic carbocycles. The van der Waals surface area contributed by atoms with Crippen LogP contribution >= 0.6 is 0 Å². The number of rotatable bonds is 5. The number of hydrogen-bond donors (Lipinski definition) is 2. The molecule has 1 unspecified atom stereocenters. The van der Waals surface area contributed by atoms with Gasteiger partial charge < -0.3 is 16.0 Å². The molecule has 2 heterocycles. The Labute approximate surface area is 125 Å². The first-order chi connectivity index (χ1) is 10.1. The summed E-state index contributed by atoms with van der Waals surface area (Å²) in [6, 6.07) is 2.91. The standard InChI is InChI=1S/C16H24N4O/c1-11-7-12(8-18-14-4-5-14)9-19-16(11)20-6-2-3-13(10-20)15(17)21/h7,9,13-14,18H,2-6,8,10H2,1H3,(H2,17,21). The van der Waals surface area contributed by atoms with Crippen LogP contribution in [0.2, 0.25) is 0 Å². The number of aromatic nitrogens is 1. The average molecular weight is 288 g/mol. The summed E-state index contributed by atoms with van der Waals surface area (Å²) >= 11 is 0. The number of pyridine rings is 1. The van der Waals surface area contributed by atoms with E-state index >= 15 is 0 Å². The molecule has 1 aromatic rings. The lowest BCUT2D eigenvalue weighted by atomic mass is 9.97. The SMILES string of the molecule is Cc1cc(CNC2CC2)cnc1N1CCCC(C(N)=O)C1. The number of nitrogens with zero attached hydrogens (tertiary/aromatic N) is 2. The van der Waals surface area contributed by atoms with Crippen molar-refractivity contribution in [3.63, 3.8) is 0 Å². The predicted octanol–water partition coefficient (Wildman–Crippen LogP) is 1.34. The molecule has 1 amide bonds. The summed E-state index contributed by atoms with van der Waals surface area (Å²) in [6.45, 7) is 4.64. The molecule has 1 saturated heterocycles. The summed E-state index contributed by atoms with van der Waals surface area (Å²) in [5, 5.41) is 3.51. The number of amides is 1. The van der Waals surface area contributed by atoms with Gasteiger partial charge in [-0.15, -0.1) is 0 Å². The summed E-state index contributed by atoms with van der Waals surface area (Å²) in [7, 11) is 0. The van der Waals surface area contributed by atoms with Crippen LogP contribution in [0.3, 0.4) is 0 Å². The highest BCUT2D eigenvalue weighted by Gasteiger charge is 2.25. The summed E-state index contributed by atoms with van der Waals surface area (Å²) in [4.78, 5) is 18.2. The van der Waals surface area contributed by atoms with Gasteiger partial charge in [-0.25, -0.2) is 4.98 Å². The monoisotopic (exact) mass is 288 g/mol. The van der Waals surface area contributed by atoms with E-state index in [0.717, 1.165) is 31.7 Å². The van der Waals surface area contributed by atoms with Gasteiger partial charge in [-0.2, -0.15) is 0 Å². The Hall–Kier alpha value is -1.62. The lowest BCUT2D eigenvalue weighted by molar-refractivity contribution is -0.122. The number of nitrogens with two attached hydrogens (primary N) is 1. The maximum atomic E-state index is 11.4. The molecule has 1 aromatic heterocycles. The van der Waals surface area contributed by atoms with Crippen LogP contribution in [0.4, 0.5) is 5.82 Å². The molecule has 0 bridgehead atoms. The van der Waals surface area contributed by atoms with E-state index < -0.39 is 0 Å². The van der Waals surface area contributed by atoms with Crippen molar-refractivity contribution in [3.05, 3.63) is 23.4 Å². The molecule has 1 aliphatic heterocycles. The smallest absolute Gasteiger partial charge is 0.222 e. The van der Waals surface area contributed by atoms with Crippen LogP contribution < -0.4 is 16.0 Å². The van der Waals surface area contributed by atoms with Gasteiger partial charge in [-0.1, -0.05) is 0 Å². The Bertz CT molecular complexity index is 527. The molecule has 0 spiro atoms. The number of carbonyl (C=O) groups is 1. The van der Waals surface area contributed by atoms with Crippen molar-refractivity contribution < 1.29 is 4.79 Å². The van der Waals surface area contributed by atoms with Crippen LogP contribution in [0.5, 0.6) is 0 Å². The van der Waals surface area contributed by atoms with Gasteiger partial charge >= 0.3 is 0 Å². The largest absolute Gasteiger partial charge is 0.369 e. The first-order valence-corrected chi connectivity index (χ1v) is 7.86. The van der Waals surface area contributed by atoms with E-state index in [-0.39, 0.29) is 11.8 Å². The highest BCUT2D eigenvalue weighted by atomic mass is 16.1. The van der Waals surface area contributed by atoms with Gasteiger partial charge in [0.25, 0.3) is 0 Å². The minimum atomic E-state index is -0.192. The molecule has 0 radical (unpaired) electrons. The Morgan fingerprint density at radius 2 is 2.29 bits per heavy atom. The van der Waals surface area contributed by atoms with Crippen molar-refractivity contribution in [2.45, 2.75) is 45.2 Å². The fourth-order valence-electron chi connectivity index (χ4n) is 3.00. The quantitative estimate of drug-likeness (QED) is 0.858. The molecular formula is C16H24N4O. The van der Waals surface area contributed by atoms with Crippen LogP contribution in [-0.4, -0.2) is 30.0 Å². The van der Waals surface area contributed by atoms with Crippen molar-refractivity contribution in [1.29, 1.82) is 0 Å². The fourth-order valence-corrected chi connectivity index (χ4v) is 3.00. The van der Waals surface area contributed by atoms with Crippen LogP contribution in [0.1, 0.15) is 36.8 Å². The molecule has 5 nitrogen and oxygen atoms in total. The van der Waals surface area contributed by atoms with Crippen molar-refractivity contribution in [2.24, 2.45) is 11.7 Å². The zero-order valence-corrected chi connectivity index (χ0v) is 12.6. The Morgan fingerprint density at radius 1 is 1.48 bits per heavy atom. The molecule has 114 valence electrons. The number of carbonyl (C=O) groups excluding carboxylic acids is 1. The Morgan fingerprint density at radius 3 is 2.95 bits per heavy atom. The molecule has 3 rings (SSSR count). The summed E-state index contributed by atoms with van der Waals surface area (Å²) in [5.74, 6) is 0.759. The Kier molecular flexibility index (Phi) is 4.10. The lowest BCUT2D eigenvalue weighted by Gasteiger charge is -2.33. The number of aryl methyl sites for hydroxylation is 1. The van der Waals surface area contributed by atoms with Crippen molar-refractivity contribution in [3.8, 4) is 0 Å². The second kappa shape index (κ2) is 6.02. The van der Waals surface area contributed by atoms with E-state index in [4.69, 9.17) is 5.73 Å². The van der Waals surface area contributed by atoms with Crippen LogP contribution in [0, 0.1) is 12.8 Å². The minimum Gasteiger partial charge on any atom is -0.369 e. The van der Waals surface area contributed by atoms with E-state index in [9.17, 15) is 4.79 Å². The normalized spacial score (nSPS) is 22.3. The topological polar surface area (TPSA) is 71.2 Å². The maximum absolute atomic E-state index is 11.4. The molecule has 0 aromatic carbocycles. The zero-order valence-electron chi connectivity index (χ0n) is 12.6. The van der Waals surface area contributed by atoms with E-state index in [1.165, 1.54) is 24.0 Å². The third-order valence-electron chi connectivity index (χ3n) is 4.40. The molecule has 21 heavy (non-hydrogen) atoms. The number of piperidine rings is 1. The average Bonchev–Trinajstić information content (AvgIpc) is 3.29. The van der Waals surface area contributed by atoms with E-state index in [1.54, 1.807) is 0 Å². The van der Waals surface area contributed by atoms with Gasteiger partial charge in [0.1, 0.15) is 5.82 Å².